The van der Waals surface area contributed by atoms with E-state index in [9.17, 15) is 0 Å². The molecule has 8 rings (SSSR count). The van der Waals surface area contributed by atoms with Crippen LogP contribution >= 0.6 is 11.3 Å². The molecule has 7 aromatic carbocycles. The highest BCUT2D eigenvalue weighted by molar-refractivity contribution is 7.26. The molecule has 1 heterocycles. The van der Waals surface area contributed by atoms with Crippen molar-refractivity contribution < 1.29 is 0 Å². The first kappa shape index (κ1) is 25.7. The van der Waals surface area contributed by atoms with Gasteiger partial charge in [-0.2, -0.15) is 0 Å². The number of benzene rings is 7. The van der Waals surface area contributed by atoms with Crippen LogP contribution in [0, 0.1) is 0 Å². The minimum absolute atomic E-state index is 0.243. The number of hydrogen-bond acceptors (Lipinski definition) is 1. The fourth-order valence-corrected chi connectivity index (χ4v) is 7.62. The maximum atomic E-state index is 2.46. The maximum absolute atomic E-state index is 2.46. The van der Waals surface area contributed by atoms with Gasteiger partial charge in [-0.3, -0.25) is 0 Å². The predicted molar refractivity (Wildman–Crippen MR) is 186 cm³/mol. The molecule has 0 bridgehead atoms. The molecule has 8 aromatic rings. The Hall–Kier alpha value is -4.98. The van der Waals surface area contributed by atoms with Crippen molar-refractivity contribution in [1.82, 2.24) is 0 Å². The van der Waals surface area contributed by atoms with E-state index in [0.717, 1.165) is 6.42 Å². The zero-order valence-electron chi connectivity index (χ0n) is 23.8. The van der Waals surface area contributed by atoms with Gasteiger partial charge in [0.15, 0.2) is 0 Å². The highest BCUT2D eigenvalue weighted by Crippen LogP contribution is 2.41. The predicted octanol–water partition coefficient (Wildman–Crippen LogP) is 11.9. The van der Waals surface area contributed by atoms with Gasteiger partial charge in [-0.15, -0.1) is 11.3 Å². The van der Waals surface area contributed by atoms with E-state index in [0.29, 0.717) is 0 Å². The van der Waals surface area contributed by atoms with Gasteiger partial charge in [0.05, 0.1) is 0 Å². The third-order valence-corrected chi connectivity index (χ3v) is 9.93. The minimum Gasteiger partial charge on any atom is -0.135 e. The van der Waals surface area contributed by atoms with Crippen LogP contribution in [0.3, 0.4) is 0 Å². The molecule has 0 fully saturated rings. The van der Waals surface area contributed by atoms with Crippen molar-refractivity contribution in [3.63, 3.8) is 0 Å². The summed E-state index contributed by atoms with van der Waals surface area (Å²) < 4.78 is 2.73. The third-order valence-electron chi connectivity index (χ3n) is 8.71. The van der Waals surface area contributed by atoms with Crippen molar-refractivity contribution >= 4 is 42.3 Å². The van der Waals surface area contributed by atoms with Crippen LogP contribution in [0.5, 0.6) is 0 Å². The van der Waals surface area contributed by atoms with Crippen molar-refractivity contribution in [2.24, 2.45) is 0 Å². The molecule has 0 nitrogen and oxygen atoms in total. The Morgan fingerprint density at radius 1 is 0.419 bits per heavy atom. The van der Waals surface area contributed by atoms with E-state index in [4.69, 9.17) is 0 Å². The molecule has 0 radical (unpaired) electrons. The molecule has 0 aliphatic carbocycles. The average molecular weight is 567 g/mol. The second-order valence-corrected chi connectivity index (χ2v) is 12.4. The van der Waals surface area contributed by atoms with Crippen molar-refractivity contribution in [3.05, 3.63) is 180 Å². The zero-order chi connectivity index (χ0) is 28.6. The lowest BCUT2D eigenvalue weighted by atomic mass is 9.84. The van der Waals surface area contributed by atoms with Gasteiger partial charge in [0.1, 0.15) is 0 Å². The van der Waals surface area contributed by atoms with E-state index in [-0.39, 0.29) is 5.92 Å². The number of rotatable bonds is 6. The van der Waals surface area contributed by atoms with E-state index >= 15 is 0 Å². The second-order valence-electron chi connectivity index (χ2n) is 11.3. The van der Waals surface area contributed by atoms with E-state index < -0.39 is 0 Å². The van der Waals surface area contributed by atoms with Gasteiger partial charge in [0.2, 0.25) is 0 Å². The quantitative estimate of drug-likeness (QED) is 0.188. The van der Waals surface area contributed by atoms with Crippen molar-refractivity contribution in [3.8, 4) is 22.3 Å². The summed E-state index contributed by atoms with van der Waals surface area (Å²) in [5.41, 5.74) is 9.06. The summed E-state index contributed by atoms with van der Waals surface area (Å²) in [7, 11) is 0. The highest BCUT2D eigenvalue weighted by Gasteiger charge is 2.18. The summed E-state index contributed by atoms with van der Waals surface area (Å²) in [6.45, 7) is 0. The summed E-state index contributed by atoms with van der Waals surface area (Å²) in [5, 5.41) is 5.35. The molecule has 1 aromatic heterocycles. The van der Waals surface area contributed by atoms with Crippen LogP contribution in [-0.2, 0) is 6.42 Å². The lowest BCUT2D eigenvalue weighted by Gasteiger charge is -2.20. The molecule has 43 heavy (non-hydrogen) atoms. The molecule has 0 saturated heterocycles. The standard InChI is InChI=1S/C42H30S/c1-3-9-30(10-4-1)32-17-15-29(16-18-32)27-39(35-21-19-33(20-22-35)31-11-5-2-6-12-31)36-24-26-41-40(28-36)38-25-23-34-13-7-8-14-37(34)42(38)43-41/h1-26,28,39H,27H2. The molecule has 204 valence electrons. The van der Waals surface area contributed by atoms with Gasteiger partial charge in [0.25, 0.3) is 0 Å². The molecular formula is C42H30S. The summed E-state index contributed by atoms with van der Waals surface area (Å²) >= 11 is 1.91. The summed E-state index contributed by atoms with van der Waals surface area (Å²) in [4.78, 5) is 0. The molecular weight excluding hydrogens is 537 g/mol. The van der Waals surface area contributed by atoms with Gasteiger partial charge in [-0.1, -0.05) is 152 Å². The lowest BCUT2D eigenvalue weighted by molar-refractivity contribution is 0.807. The molecule has 0 aliphatic rings. The van der Waals surface area contributed by atoms with Crippen molar-refractivity contribution in [1.29, 1.82) is 0 Å². The molecule has 0 amide bonds. The zero-order valence-corrected chi connectivity index (χ0v) is 24.6. The Bertz CT molecular complexity index is 2170. The van der Waals surface area contributed by atoms with Crippen LogP contribution in [-0.4, -0.2) is 0 Å². The normalized spacial score (nSPS) is 12.2. The number of thiophene rings is 1. The summed E-state index contributed by atoms with van der Waals surface area (Å²) in [6, 6.07) is 60.1. The van der Waals surface area contributed by atoms with Gasteiger partial charge < -0.3 is 0 Å². The van der Waals surface area contributed by atoms with Crippen LogP contribution in [0.25, 0.3) is 53.2 Å². The Morgan fingerprint density at radius 2 is 1.00 bits per heavy atom. The summed E-state index contributed by atoms with van der Waals surface area (Å²) in [5.74, 6) is 0.243. The fraction of sp³-hybridized carbons (Fsp3) is 0.0476. The summed E-state index contributed by atoms with van der Waals surface area (Å²) in [6.07, 6.45) is 0.941. The molecule has 0 saturated carbocycles. The highest BCUT2D eigenvalue weighted by atomic mass is 32.1. The van der Waals surface area contributed by atoms with E-state index in [1.54, 1.807) is 0 Å². The van der Waals surface area contributed by atoms with Gasteiger partial charge >= 0.3 is 0 Å². The maximum Gasteiger partial charge on any atom is 0.0433 e. The van der Waals surface area contributed by atoms with E-state index in [1.807, 2.05) is 11.3 Å². The van der Waals surface area contributed by atoms with E-state index in [1.165, 1.54) is 69.9 Å². The van der Waals surface area contributed by atoms with Gasteiger partial charge in [0, 0.05) is 26.1 Å². The van der Waals surface area contributed by atoms with Crippen LogP contribution in [0.15, 0.2) is 164 Å². The van der Waals surface area contributed by atoms with Crippen LogP contribution in [0.2, 0.25) is 0 Å². The second kappa shape index (κ2) is 11.0. The molecule has 1 heteroatoms. The lowest BCUT2D eigenvalue weighted by Crippen LogP contribution is -2.05. The Kier molecular flexibility index (Phi) is 6.59. The number of hydrogen-bond donors (Lipinski definition) is 0. The molecule has 0 N–H and O–H groups in total. The first-order valence-corrected chi connectivity index (χ1v) is 15.8. The van der Waals surface area contributed by atoms with Crippen molar-refractivity contribution in [2.45, 2.75) is 12.3 Å². The van der Waals surface area contributed by atoms with Crippen LogP contribution in [0.4, 0.5) is 0 Å². The van der Waals surface area contributed by atoms with Crippen LogP contribution in [0.1, 0.15) is 22.6 Å². The molecule has 1 unspecified atom stereocenters. The fourth-order valence-electron chi connectivity index (χ4n) is 6.41. The SMILES string of the molecule is c1ccc(-c2ccc(CC(c3ccc(-c4ccccc4)cc3)c3ccc4sc5c6ccccc6ccc5c4c3)cc2)cc1. The largest absolute Gasteiger partial charge is 0.135 e. The average Bonchev–Trinajstić information content (AvgIpc) is 3.47. The Balaban J connectivity index is 1.21. The molecule has 0 aliphatic heterocycles. The minimum atomic E-state index is 0.243. The van der Waals surface area contributed by atoms with Crippen LogP contribution < -0.4 is 0 Å². The Labute approximate surface area is 256 Å². The van der Waals surface area contributed by atoms with E-state index in [2.05, 4.69) is 164 Å². The third kappa shape index (κ3) is 4.92. The smallest absolute Gasteiger partial charge is 0.0433 e. The number of fused-ring (bicyclic) bond motifs is 5. The van der Waals surface area contributed by atoms with Gasteiger partial charge in [-0.05, 0) is 68.3 Å². The van der Waals surface area contributed by atoms with Crippen molar-refractivity contribution in [2.75, 3.05) is 0 Å². The molecule has 0 spiro atoms. The monoisotopic (exact) mass is 566 g/mol. The van der Waals surface area contributed by atoms with Gasteiger partial charge in [-0.25, -0.2) is 0 Å². The first-order chi connectivity index (χ1) is 21.3. The topological polar surface area (TPSA) is 0 Å². The molecule has 1 atom stereocenters. The first-order valence-electron chi connectivity index (χ1n) is 14.9. The Morgan fingerprint density at radius 3 is 1.70 bits per heavy atom.